The highest BCUT2D eigenvalue weighted by Gasteiger charge is 2.51. The molecule has 0 spiro atoms. The first-order valence-electron chi connectivity index (χ1n) is 8.80. The maximum atomic E-state index is 9.80. The van der Waals surface area contributed by atoms with Gasteiger partial charge in [0.05, 0.1) is 23.4 Å². The number of benzene rings is 1. The van der Waals surface area contributed by atoms with Crippen LogP contribution in [0.25, 0.3) is 0 Å². The predicted octanol–water partition coefficient (Wildman–Crippen LogP) is 2.43. The zero-order valence-corrected chi connectivity index (χ0v) is 16.5. The number of ether oxygens (including phenoxy) is 2. The van der Waals surface area contributed by atoms with Crippen molar-refractivity contribution in [2.24, 2.45) is 0 Å². The second kappa shape index (κ2) is 7.47. The van der Waals surface area contributed by atoms with Gasteiger partial charge < -0.3 is 23.9 Å². The molecule has 1 heterocycles. The molecule has 0 amide bonds. The van der Waals surface area contributed by atoms with Crippen LogP contribution in [0.1, 0.15) is 48.0 Å². The number of nitrogens with zero attached hydrogens (tertiary/aromatic N) is 1. The van der Waals surface area contributed by atoms with Crippen molar-refractivity contribution >= 4 is 12.6 Å². The molecule has 0 atom stereocenters. The summed E-state index contributed by atoms with van der Waals surface area (Å²) in [5, 5.41) is 18.6. The smallest absolute Gasteiger partial charge is 0.490 e. The zero-order chi connectivity index (χ0) is 19.6. The van der Waals surface area contributed by atoms with Crippen LogP contribution in [-0.2, 0) is 9.31 Å². The molecular weight excluding hydrogens is 333 g/mol. The molecule has 6 nitrogen and oxygen atoms in total. The van der Waals surface area contributed by atoms with Crippen LogP contribution in [-0.4, -0.2) is 42.2 Å². The Kier molecular flexibility index (Phi) is 5.91. The first-order valence-corrected chi connectivity index (χ1v) is 8.80. The van der Waals surface area contributed by atoms with Crippen molar-refractivity contribution in [3.05, 3.63) is 18.2 Å². The van der Waals surface area contributed by atoms with E-state index in [1.54, 1.807) is 26.0 Å². The Morgan fingerprint density at radius 3 is 2.27 bits per heavy atom. The Bertz CT molecular complexity index is 659. The second-order valence-electron chi connectivity index (χ2n) is 8.15. The molecule has 142 valence electrons. The molecule has 1 fully saturated rings. The van der Waals surface area contributed by atoms with E-state index in [9.17, 15) is 5.11 Å². The predicted molar refractivity (Wildman–Crippen MR) is 99.7 cm³/mol. The molecule has 7 heteroatoms. The average molecular weight is 361 g/mol. The van der Waals surface area contributed by atoms with E-state index in [1.165, 1.54) is 0 Å². The van der Waals surface area contributed by atoms with Gasteiger partial charge in [0.15, 0.2) is 18.1 Å². The minimum Gasteiger partial charge on any atom is -0.490 e. The number of hydrogen-bond donors (Lipinski definition) is 1. The lowest BCUT2D eigenvalue weighted by atomic mass is 9.79. The Morgan fingerprint density at radius 1 is 1.12 bits per heavy atom. The number of nitriles is 1. The van der Waals surface area contributed by atoms with Crippen LogP contribution >= 0.6 is 0 Å². The standard InChI is InChI=1S/C19H28BNO5/c1-17(2,22)9-11-23-15-8-7-14(13-16(15)24-12-10-21)20-25-18(3,4)19(5,6)26-20/h7-8,13,22H,9,11-12H2,1-6H3. The van der Waals surface area contributed by atoms with Crippen molar-refractivity contribution in [2.45, 2.75) is 64.8 Å². The summed E-state index contributed by atoms with van der Waals surface area (Å²) in [5.41, 5.74) is -0.886. The van der Waals surface area contributed by atoms with Crippen molar-refractivity contribution in [2.75, 3.05) is 13.2 Å². The SMILES string of the molecule is CC(C)(O)CCOc1ccc(B2OC(C)(C)C(C)(C)O2)cc1OCC#N. The van der Waals surface area contributed by atoms with Gasteiger partial charge in [-0.3, -0.25) is 0 Å². The monoisotopic (exact) mass is 361 g/mol. The highest BCUT2D eigenvalue weighted by Crippen LogP contribution is 2.37. The molecule has 1 aromatic rings. The van der Waals surface area contributed by atoms with Gasteiger partial charge in [-0.1, -0.05) is 6.07 Å². The van der Waals surface area contributed by atoms with E-state index in [4.69, 9.17) is 24.0 Å². The number of hydrogen-bond acceptors (Lipinski definition) is 6. The van der Waals surface area contributed by atoms with Gasteiger partial charge in [0.1, 0.15) is 6.07 Å². The molecule has 0 unspecified atom stereocenters. The molecule has 0 saturated carbocycles. The van der Waals surface area contributed by atoms with E-state index in [1.807, 2.05) is 39.8 Å². The first-order chi connectivity index (χ1) is 12.0. The molecule has 1 saturated heterocycles. The summed E-state index contributed by atoms with van der Waals surface area (Å²) < 4.78 is 23.4. The molecule has 1 N–H and O–H groups in total. The minimum atomic E-state index is -0.809. The fourth-order valence-corrected chi connectivity index (χ4v) is 2.40. The van der Waals surface area contributed by atoms with Crippen molar-refractivity contribution in [3.8, 4) is 17.6 Å². The lowest BCUT2D eigenvalue weighted by Gasteiger charge is -2.32. The lowest BCUT2D eigenvalue weighted by molar-refractivity contribution is 0.00578. The lowest BCUT2D eigenvalue weighted by Crippen LogP contribution is -2.41. The average Bonchev–Trinajstić information content (AvgIpc) is 2.73. The summed E-state index contributed by atoms with van der Waals surface area (Å²) in [5.74, 6) is 0.972. The third kappa shape index (κ3) is 4.91. The molecule has 1 aliphatic heterocycles. The fraction of sp³-hybridized carbons (Fsp3) is 0.632. The van der Waals surface area contributed by atoms with E-state index in [2.05, 4.69) is 0 Å². The molecule has 2 rings (SSSR count). The maximum Gasteiger partial charge on any atom is 0.494 e. The van der Waals surface area contributed by atoms with E-state index in [-0.39, 0.29) is 6.61 Å². The van der Waals surface area contributed by atoms with Gasteiger partial charge in [-0.15, -0.1) is 0 Å². The third-order valence-electron chi connectivity index (χ3n) is 4.76. The Labute approximate surface area is 156 Å². The van der Waals surface area contributed by atoms with Gasteiger partial charge >= 0.3 is 7.12 Å². The molecule has 0 aromatic heterocycles. The molecule has 26 heavy (non-hydrogen) atoms. The highest BCUT2D eigenvalue weighted by molar-refractivity contribution is 6.62. The summed E-state index contributed by atoms with van der Waals surface area (Å²) in [6.07, 6.45) is 0.476. The third-order valence-corrected chi connectivity index (χ3v) is 4.76. The number of rotatable bonds is 7. The van der Waals surface area contributed by atoms with E-state index >= 15 is 0 Å². The molecule has 0 aliphatic carbocycles. The summed E-state index contributed by atoms with van der Waals surface area (Å²) in [4.78, 5) is 0. The topological polar surface area (TPSA) is 80.9 Å². The maximum absolute atomic E-state index is 9.80. The normalized spacial score (nSPS) is 18.5. The minimum absolute atomic E-state index is 0.0886. The fourth-order valence-electron chi connectivity index (χ4n) is 2.40. The highest BCUT2D eigenvalue weighted by atomic mass is 16.7. The van der Waals surface area contributed by atoms with Crippen LogP contribution in [0.2, 0.25) is 0 Å². The van der Waals surface area contributed by atoms with Crippen LogP contribution < -0.4 is 14.9 Å². The van der Waals surface area contributed by atoms with Crippen molar-refractivity contribution in [1.29, 1.82) is 5.26 Å². The van der Waals surface area contributed by atoms with Gasteiger partial charge in [-0.2, -0.15) is 5.26 Å². The van der Waals surface area contributed by atoms with E-state index in [0.29, 0.717) is 24.5 Å². The van der Waals surface area contributed by atoms with Crippen molar-refractivity contribution in [1.82, 2.24) is 0 Å². The first kappa shape index (κ1) is 20.6. The molecule has 0 radical (unpaired) electrons. The molecular formula is C19H28BNO5. The summed E-state index contributed by atoms with van der Waals surface area (Å²) in [7, 11) is -0.519. The summed E-state index contributed by atoms with van der Waals surface area (Å²) >= 11 is 0. The van der Waals surface area contributed by atoms with Crippen molar-refractivity contribution in [3.63, 3.8) is 0 Å². The van der Waals surface area contributed by atoms with Gasteiger partial charge in [0, 0.05) is 6.42 Å². The van der Waals surface area contributed by atoms with E-state index in [0.717, 1.165) is 5.46 Å². The Morgan fingerprint density at radius 2 is 1.73 bits per heavy atom. The Hall–Kier alpha value is -1.75. The van der Waals surface area contributed by atoms with Crippen LogP contribution in [0.3, 0.4) is 0 Å². The number of aliphatic hydroxyl groups is 1. The van der Waals surface area contributed by atoms with Crippen molar-refractivity contribution < 1.29 is 23.9 Å². The van der Waals surface area contributed by atoms with Gasteiger partial charge in [0.25, 0.3) is 0 Å². The summed E-state index contributed by atoms with van der Waals surface area (Å²) in [6, 6.07) is 7.37. The Balaban J connectivity index is 2.19. The van der Waals surface area contributed by atoms with Gasteiger partial charge in [-0.25, -0.2) is 0 Å². The molecule has 0 bridgehead atoms. The van der Waals surface area contributed by atoms with Crippen LogP contribution in [0.5, 0.6) is 11.5 Å². The summed E-state index contributed by atoms with van der Waals surface area (Å²) in [6.45, 7) is 11.7. The molecule has 1 aromatic carbocycles. The van der Waals surface area contributed by atoms with Crippen LogP contribution in [0.15, 0.2) is 18.2 Å². The second-order valence-corrected chi connectivity index (χ2v) is 8.15. The quantitative estimate of drug-likeness (QED) is 0.752. The van der Waals surface area contributed by atoms with Gasteiger partial charge in [0.2, 0.25) is 0 Å². The van der Waals surface area contributed by atoms with Gasteiger partial charge in [-0.05, 0) is 59.1 Å². The van der Waals surface area contributed by atoms with Crippen LogP contribution in [0, 0.1) is 11.3 Å². The molecule has 1 aliphatic rings. The van der Waals surface area contributed by atoms with E-state index < -0.39 is 23.9 Å². The van der Waals surface area contributed by atoms with Crippen LogP contribution in [0.4, 0.5) is 0 Å². The largest absolute Gasteiger partial charge is 0.494 e. The zero-order valence-electron chi connectivity index (χ0n) is 16.5.